The van der Waals surface area contributed by atoms with Gasteiger partial charge in [0, 0.05) is 12.7 Å². The van der Waals surface area contributed by atoms with Crippen molar-refractivity contribution in [3.05, 3.63) is 18.0 Å². The highest BCUT2D eigenvalue weighted by molar-refractivity contribution is 5.92. The van der Waals surface area contributed by atoms with E-state index in [1.54, 1.807) is 10.9 Å². The zero-order valence-corrected chi connectivity index (χ0v) is 9.94. The Balaban J connectivity index is 2.40. The van der Waals surface area contributed by atoms with Crippen LogP contribution in [0.15, 0.2) is 12.4 Å². The van der Waals surface area contributed by atoms with Gasteiger partial charge in [0.05, 0.1) is 11.8 Å². The van der Waals surface area contributed by atoms with E-state index in [0.717, 1.165) is 19.4 Å². The van der Waals surface area contributed by atoms with Gasteiger partial charge in [-0.2, -0.15) is 5.10 Å². The summed E-state index contributed by atoms with van der Waals surface area (Å²) in [5.74, 6) is -0.437. The highest BCUT2D eigenvalue weighted by Gasteiger charge is 2.14. The fraction of sp³-hybridized carbons (Fsp3) is 0.636. The van der Waals surface area contributed by atoms with E-state index in [0.29, 0.717) is 12.1 Å². The number of carbonyl (C=O) groups excluding carboxylic acids is 1. The Morgan fingerprint density at radius 1 is 1.56 bits per heavy atom. The van der Waals surface area contributed by atoms with E-state index in [9.17, 15) is 4.79 Å². The summed E-state index contributed by atoms with van der Waals surface area (Å²) in [6.07, 6.45) is 5.20. The van der Waals surface area contributed by atoms with Crippen molar-refractivity contribution >= 4 is 5.91 Å². The number of nitrogens with zero attached hydrogens (tertiary/aromatic N) is 2. The van der Waals surface area contributed by atoms with E-state index < -0.39 is 5.91 Å². The number of hydrogen-bond acceptors (Lipinski definition) is 3. The summed E-state index contributed by atoms with van der Waals surface area (Å²) in [5.41, 5.74) is 11.4. The van der Waals surface area contributed by atoms with Crippen LogP contribution in [0.1, 0.15) is 37.0 Å². The smallest absolute Gasteiger partial charge is 0.251 e. The summed E-state index contributed by atoms with van der Waals surface area (Å²) < 4.78 is 1.74. The molecule has 0 spiro atoms. The van der Waals surface area contributed by atoms with Gasteiger partial charge in [0.15, 0.2) is 0 Å². The normalized spacial score (nSPS) is 11.7. The summed E-state index contributed by atoms with van der Waals surface area (Å²) in [5, 5.41) is 4.07. The fourth-order valence-electron chi connectivity index (χ4n) is 1.43. The first kappa shape index (κ1) is 12.7. The van der Waals surface area contributed by atoms with Crippen molar-refractivity contribution in [1.29, 1.82) is 0 Å². The molecule has 1 aromatic rings. The van der Waals surface area contributed by atoms with Gasteiger partial charge in [0.25, 0.3) is 5.91 Å². The van der Waals surface area contributed by atoms with Crippen LogP contribution in [0.3, 0.4) is 0 Å². The maximum Gasteiger partial charge on any atom is 0.251 e. The van der Waals surface area contributed by atoms with E-state index in [-0.39, 0.29) is 5.41 Å². The second kappa shape index (κ2) is 5.12. The highest BCUT2D eigenvalue weighted by Crippen LogP contribution is 2.20. The molecule has 0 radical (unpaired) electrons. The second-order valence-electron chi connectivity index (χ2n) is 4.83. The largest absolute Gasteiger partial charge is 0.366 e. The number of aryl methyl sites for hydroxylation is 1. The first-order valence-electron chi connectivity index (χ1n) is 5.47. The standard InChI is InChI=1S/C11H20N4O/c1-11(2,8-12)4-3-5-15-7-9(6-14-15)10(13)16/h6-7H,3-5,8,12H2,1-2H3,(H2,13,16). The lowest BCUT2D eigenvalue weighted by Crippen LogP contribution is -2.23. The van der Waals surface area contributed by atoms with E-state index >= 15 is 0 Å². The first-order chi connectivity index (χ1) is 7.44. The van der Waals surface area contributed by atoms with Crippen molar-refractivity contribution in [3.8, 4) is 0 Å². The van der Waals surface area contributed by atoms with Crippen molar-refractivity contribution in [2.24, 2.45) is 16.9 Å². The molecule has 0 aliphatic rings. The second-order valence-corrected chi connectivity index (χ2v) is 4.83. The third-order valence-electron chi connectivity index (χ3n) is 2.71. The molecular weight excluding hydrogens is 204 g/mol. The zero-order chi connectivity index (χ0) is 12.2. The van der Waals surface area contributed by atoms with E-state index in [2.05, 4.69) is 18.9 Å². The van der Waals surface area contributed by atoms with Gasteiger partial charge < -0.3 is 11.5 Å². The van der Waals surface area contributed by atoms with Gasteiger partial charge in [-0.15, -0.1) is 0 Å². The molecule has 0 atom stereocenters. The molecule has 0 aliphatic heterocycles. The van der Waals surface area contributed by atoms with Crippen molar-refractivity contribution in [1.82, 2.24) is 9.78 Å². The number of hydrogen-bond donors (Lipinski definition) is 2. The molecule has 5 nitrogen and oxygen atoms in total. The topological polar surface area (TPSA) is 86.9 Å². The molecule has 0 unspecified atom stereocenters. The van der Waals surface area contributed by atoms with E-state index in [1.807, 2.05) is 0 Å². The quantitative estimate of drug-likeness (QED) is 0.747. The Kier molecular flexibility index (Phi) is 4.06. The summed E-state index contributed by atoms with van der Waals surface area (Å²) >= 11 is 0. The van der Waals surface area contributed by atoms with Gasteiger partial charge in [-0.25, -0.2) is 0 Å². The van der Waals surface area contributed by atoms with Gasteiger partial charge in [0.2, 0.25) is 0 Å². The number of nitrogens with two attached hydrogens (primary N) is 2. The summed E-state index contributed by atoms with van der Waals surface area (Å²) in [7, 11) is 0. The summed E-state index contributed by atoms with van der Waals surface area (Å²) in [6, 6.07) is 0. The van der Waals surface area contributed by atoms with Crippen LogP contribution in [0.5, 0.6) is 0 Å². The monoisotopic (exact) mass is 224 g/mol. The average Bonchev–Trinajstić information content (AvgIpc) is 2.66. The number of aromatic nitrogens is 2. The Morgan fingerprint density at radius 3 is 2.75 bits per heavy atom. The van der Waals surface area contributed by atoms with Crippen LogP contribution in [-0.4, -0.2) is 22.2 Å². The van der Waals surface area contributed by atoms with Gasteiger partial charge in [-0.3, -0.25) is 9.48 Å². The van der Waals surface area contributed by atoms with Crippen LogP contribution in [0.25, 0.3) is 0 Å². The molecule has 5 heteroatoms. The molecule has 0 fully saturated rings. The third-order valence-corrected chi connectivity index (χ3v) is 2.71. The molecule has 0 aliphatic carbocycles. The SMILES string of the molecule is CC(C)(CN)CCCn1cc(C(N)=O)cn1. The minimum atomic E-state index is -0.437. The van der Waals surface area contributed by atoms with Gasteiger partial charge in [0.1, 0.15) is 0 Å². The van der Waals surface area contributed by atoms with Crippen molar-refractivity contribution < 1.29 is 4.79 Å². The van der Waals surface area contributed by atoms with Crippen LogP contribution in [-0.2, 0) is 6.54 Å². The van der Waals surface area contributed by atoms with Crippen molar-refractivity contribution in [2.45, 2.75) is 33.2 Å². The molecule has 16 heavy (non-hydrogen) atoms. The molecule has 0 saturated heterocycles. The van der Waals surface area contributed by atoms with Crippen LogP contribution >= 0.6 is 0 Å². The molecule has 1 aromatic heterocycles. The Hall–Kier alpha value is -1.36. The lowest BCUT2D eigenvalue weighted by molar-refractivity contribution is 0.1000. The molecule has 90 valence electrons. The Bertz CT molecular complexity index is 357. The lowest BCUT2D eigenvalue weighted by Gasteiger charge is -2.21. The van der Waals surface area contributed by atoms with Crippen molar-refractivity contribution in [3.63, 3.8) is 0 Å². The summed E-state index contributed by atoms with van der Waals surface area (Å²) in [4.78, 5) is 10.8. The van der Waals surface area contributed by atoms with Gasteiger partial charge in [-0.1, -0.05) is 13.8 Å². The fourth-order valence-corrected chi connectivity index (χ4v) is 1.43. The molecule has 0 aromatic carbocycles. The van der Waals surface area contributed by atoms with E-state index in [4.69, 9.17) is 11.5 Å². The Labute approximate surface area is 95.8 Å². The molecule has 0 bridgehead atoms. The molecule has 1 heterocycles. The van der Waals surface area contributed by atoms with Crippen LogP contribution in [0.4, 0.5) is 0 Å². The molecular formula is C11H20N4O. The van der Waals surface area contributed by atoms with Crippen LogP contribution in [0, 0.1) is 5.41 Å². The van der Waals surface area contributed by atoms with Gasteiger partial charge >= 0.3 is 0 Å². The molecule has 1 amide bonds. The van der Waals surface area contributed by atoms with Gasteiger partial charge in [-0.05, 0) is 24.8 Å². The predicted molar refractivity (Wildman–Crippen MR) is 62.8 cm³/mol. The molecule has 4 N–H and O–H groups in total. The minimum absolute atomic E-state index is 0.166. The van der Waals surface area contributed by atoms with Crippen molar-refractivity contribution in [2.75, 3.05) is 6.54 Å². The number of primary amides is 1. The number of carbonyl (C=O) groups is 1. The number of rotatable bonds is 6. The molecule has 0 saturated carbocycles. The zero-order valence-electron chi connectivity index (χ0n) is 9.94. The van der Waals surface area contributed by atoms with Crippen LogP contribution in [0.2, 0.25) is 0 Å². The summed E-state index contributed by atoms with van der Waals surface area (Å²) in [6.45, 7) is 5.76. The molecule has 1 rings (SSSR count). The highest BCUT2D eigenvalue weighted by atomic mass is 16.1. The minimum Gasteiger partial charge on any atom is -0.366 e. The third kappa shape index (κ3) is 3.66. The maximum absolute atomic E-state index is 10.8. The van der Waals surface area contributed by atoms with E-state index in [1.165, 1.54) is 6.20 Å². The maximum atomic E-state index is 10.8. The lowest BCUT2D eigenvalue weighted by atomic mass is 9.88. The Morgan fingerprint density at radius 2 is 2.25 bits per heavy atom. The number of amides is 1. The van der Waals surface area contributed by atoms with Crippen LogP contribution < -0.4 is 11.5 Å². The first-order valence-corrected chi connectivity index (χ1v) is 5.47. The predicted octanol–water partition coefficient (Wildman–Crippen LogP) is 0.747. The average molecular weight is 224 g/mol.